The number of aromatic nitrogens is 3. The summed E-state index contributed by atoms with van der Waals surface area (Å²) in [6.45, 7) is 0.556. The Bertz CT molecular complexity index is 1010. The summed E-state index contributed by atoms with van der Waals surface area (Å²) in [5.41, 5.74) is 5.02. The first-order valence-corrected chi connectivity index (χ1v) is 10.6. The molecule has 6 nitrogen and oxygen atoms in total. The summed E-state index contributed by atoms with van der Waals surface area (Å²) >= 11 is 0. The second-order valence-corrected chi connectivity index (χ2v) is 8.16. The van der Waals surface area contributed by atoms with Gasteiger partial charge in [0.05, 0.1) is 12.2 Å². The summed E-state index contributed by atoms with van der Waals surface area (Å²) in [7, 11) is 2.01. The Morgan fingerprint density at radius 3 is 2.76 bits per heavy atom. The van der Waals surface area contributed by atoms with Crippen molar-refractivity contribution in [2.24, 2.45) is 7.05 Å². The first-order chi connectivity index (χ1) is 14.2. The van der Waals surface area contributed by atoms with Crippen LogP contribution in [-0.4, -0.2) is 31.8 Å². The van der Waals surface area contributed by atoms with Crippen molar-refractivity contribution in [2.45, 2.75) is 57.5 Å². The molecule has 1 fully saturated rings. The molecule has 0 atom stereocenters. The minimum absolute atomic E-state index is 0.0553. The largest absolute Gasteiger partial charge is 0.355 e. The van der Waals surface area contributed by atoms with Crippen molar-refractivity contribution in [1.82, 2.24) is 19.8 Å². The van der Waals surface area contributed by atoms with Gasteiger partial charge in [-0.25, -0.2) is 0 Å². The van der Waals surface area contributed by atoms with Crippen LogP contribution in [0.3, 0.4) is 0 Å². The first kappa shape index (κ1) is 18.2. The lowest BCUT2D eigenvalue weighted by atomic mass is 10.1. The van der Waals surface area contributed by atoms with Gasteiger partial charge in [-0.3, -0.25) is 9.48 Å². The molecular formula is C23H26N4O2. The number of amides is 1. The van der Waals surface area contributed by atoms with Gasteiger partial charge in [0, 0.05) is 30.4 Å². The Hall–Kier alpha value is -2.89. The average Bonchev–Trinajstić information content (AvgIpc) is 3.53. The number of benzene rings is 1. The average molecular weight is 390 g/mol. The SMILES string of the molecule is Cn1nc(CN(C(=O)c2cc(-c3ccccc3)on2)C2CCCC2)c2c1CCC2. The summed E-state index contributed by atoms with van der Waals surface area (Å²) < 4.78 is 7.49. The van der Waals surface area contributed by atoms with Gasteiger partial charge in [0.2, 0.25) is 0 Å². The number of hydrogen-bond acceptors (Lipinski definition) is 4. The number of hydrogen-bond donors (Lipinski definition) is 0. The summed E-state index contributed by atoms with van der Waals surface area (Å²) in [6.07, 6.45) is 7.75. The maximum Gasteiger partial charge on any atom is 0.276 e. The molecule has 29 heavy (non-hydrogen) atoms. The van der Waals surface area contributed by atoms with Crippen LogP contribution >= 0.6 is 0 Å². The van der Waals surface area contributed by atoms with Crippen LogP contribution in [0.15, 0.2) is 40.9 Å². The van der Waals surface area contributed by atoms with Gasteiger partial charge in [-0.2, -0.15) is 5.10 Å². The van der Waals surface area contributed by atoms with Gasteiger partial charge < -0.3 is 9.42 Å². The molecule has 1 aromatic carbocycles. The Labute approximate surface area is 170 Å². The summed E-state index contributed by atoms with van der Waals surface area (Å²) in [5, 5.41) is 8.86. The Morgan fingerprint density at radius 2 is 1.97 bits per heavy atom. The summed E-state index contributed by atoms with van der Waals surface area (Å²) in [4.78, 5) is 15.4. The molecule has 0 bridgehead atoms. The molecule has 0 spiro atoms. The first-order valence-electron chi connectivity index (χ1n) is 10.6. The summed E-state index contributed by atoms with van der Waals surface area (Å²) in [5.74, 6) is 0.569. The maximum absolute atomic E-state index is 13.5. The molecule has 0 saturated heterocycles. The maximum atomic E-state index is 13.5. The molecule has 2 aromatic heterocycles. The van der Waals surface area contributed by atoms with Gasteiger partial charge in [-0.15, -0.1) is 0 Å². The van der Waals surface area contributed by atoms with E-state index in [1.165, 1.54) is 30.5 Å². The third-order valence-corrected chi connectivity index (χ3v) is 6.33. The van der Waals surface area contributed by atoms with Crippen molar-refractivity contribution in [2.75, 3.05) is 0 Å². The Morgan fingerprint density at radius 1 is 1.17 bits per heavy atom. The number of aryl methyl sites for hydroxylation is 1. The lowest BCUT2D eigenvalue weighted by Crippen LogP contribution is -2.38. The number of fused-ring (bicyclic) bond motifs is 1. The van der Waals surface area contributed by atoms with E-state index in [0.29, 0.717) is 18.0 Å². The van der Waals surface area contributed by atoms with E-state index in [4.69, 9.17) is 9.62 Å². The standard InChI is InChI=1S/C23H26N4O2/c1-26-21-13-7-12-18(21)20(24-26)15-27(17-10-5-6-11-17)23(28)19-14-22(29-25-19)16-8-3-2-4-9-16/h2-4,8-9,14,17H,5-7,10-13,15H2,1H3. The van der Waals surface area contributed by atoms with Crippen LogP contribution in [0.25, 0.3) is 11.3 Å². The number of carbonyl (C=O) groups excluding carboxylic acids is 1. The van der Waals surface area contributed by atoms with Crippen LogP contribution in [-0.2, 0) is 26.4 Å². The zero-order valence-electron chi connectivity index (χ0n) is 16.8. The van der Waals surface area contributed by atoms with E-state index in [0.717, 1.165) is 36.9 Å². The molecule has 2 aliphatic carbocycles. The van der Waals surface area contributed by atoms with Gasteiger partial charge in [0.1, 0.15) is 0 Å². The van der Waals surface area contributed by atoms with E-state index in [9.17, 15) is 4.79 Å². The number of carbonyl (C=O) groups is 1. The predicted molar refractivity (Wildman–Crippen MR) is 109 cm³/mol. The fourth-order valence-corrected chi connectivity index (χ4v) is 4.83. The third kappa shape index (κ3) is 3.37. The minimum atomic E-state index is -0.0553. The lowest BCUT2D eigenvalue weighted by molar-refractivity contribution is 0.0650. The van der Waals surface area contributed by atoms with Crippen LogP contribution in [0.2, 0.25) is 0 Å². The molecule has 2 aliphatic rings. The monoisotopic (exact) mass is 390 g/mol. The van der Waals surface area contributed by atoms with E-state index in [1.807, 2.05) is 47.0 Å². The van der Waals surface area contributed by atoms with Crippen molar-refractivity contribution in [3.05, 3.63) is 59.0 Å². The van der Waals surface area contributed by atoms with E-state index in [2.05, 4.69) is 5.16 Å². The third-order valence-electron chi connectivity index (χ3n) is 6.33. The molecule has 0 unspecified atom stereocenters. The van der Waals surface area contributed by atoms with Crippen molar-refractivity contribution in [3.63, 3.8) is 0 Å². The highest BCUT2D eigenvalue weighted by Gasteiger charge is 2.32. The van der Waals surface area contributed by atoms with E-state index in [1.54, 1.807) is 6.07 Å². The number of rotatable bonds is 5. The van der Waals surface area contributed by atoms with Crippen LogP contribution in [0.1, 0.15) is 59.5 Å². The second-order valence-electron chi connectivity index (χ2n) is 8.16. The minimum Gasteiger partial charge on any atom is -0.355 e. The molecule has 1 amide bonds. The molecule has 1 saturated carbocycles. The topological polar surface area (TPSA) is 64.2 Å². The molecule has 3 aromatic rings. The molecule has 0 aliphatic heterocycles. The van der Waals surface area contributed by atoms with Gasteiger partial charge in [0.15, 0.2) is 11.5 Å². The van der Waals surface area contributed by atoms with Crippen LogP contribution in [0, 0.1) is 0 Å². The molecule has 2 heterocycles. The highest BCUT2D eigenvalue weighted by molar-refractivity contribution is 5.93. The molecule has 0 radical (unpaired) electrons. The van der Waals surface area contributed by atoms with Crippen molar-refractivity contribution in [3.8, 4) is 11.3 Å². The van der Waals surface area contributed by atoms with Crippen molar-refractivity contribution in [1.29, 1.82) is 0 Å². The molecule has 0 N–H and O–H groups in total. The van der Waals surface area contributed by atoms with E-state index >= 15 is 0 Å². The van der Waals surface area contributed by atoms with Crippen LogP contribution in [0.4, 0.5) is 0 Å². The fourth-order valence-electron chi connectivity index (χ4n) is 4.83. The molecular weight excluding hydrogens is 364 g/mol. The smallest absolute Gasteiger partial charge is 0.276 e. The zero-order valence-corrected chi connectivity index (χ0v) is 16.8. The van der Waals surface area contributed by atoms with Gasteiger partial charge in [-0.1, -0.05) is 48.3 Å². The predicted octanol–water partition coefficient (Wildman–Crippen LogP) is 4.15. The second kappa shape index (κ2) is 7.50. The highest BCUT2D eigenvalue weighted by Crippen LogP contribution is 2.30. The molecule has 150 valence electrons. The highest BCUT2D eigenvalue weighted by atomic mass is 16.5. The zero-order chi connectivity index (χ0) is 19.8. The molecule has 5 rings (SSSR count). The van der Waals surface area contributed by atoms with Gasteiger partial charge in [0.25, 0.3) is 5.91 Å². The van der Waals surface area contributed by atoms with Crippen molar-refractivity contribution < 1.29 is 9.32 Å². The van der Waals surface area contributed by atoms with Gasteiger partial charge >= 0.3 is 0 Å². The molecule has 6 heteroatoms. The quantitative estimate of drug-likeness (QED) is 0.656. The van der Waals surface area contributed by atoms with E-state index < -0.39 is 0 Å². The Kier molecular flexibility index (Phi) is 4.70. The van der Waals surface area contributed by atoms with Crippen LogP contribution < -0.4 is 0 Å². The van der Waals surface area contributed by atoms with E-state index in [-0.39, 0.29) is 11.9 Å². The lowest BCUT2D eigenvalue weighted by Gasteiger charge is -2.27. The Balaban J connectivity index is 1.44. The van der Waals surface area contributed by atoms with Gasteiger partial charge in [-0.05, 0) is 37.7 Å². The summed E-state index contributed by atoms with van der Waals surface area (Å²) in [6, 6.07) is 11.8. The number of nitrogens with zero attached hydrogens (tertiary/aromatic N) is 4. The van der Waals surface area contributed by atoms with Crippen molar-refractivity contribution >= 4 is 5.91 Å². The van der Waals surface area contributed by atoms with Crippen LogP contribution in [0.5, 0.6) is 0 Å². The fraction of sp³-hybridized carbons (Fsp3) is 0.435. The normalized spacial score (nSPS) is 16.3.